The van der Waals surface area contributed by atoms with Gasteiger partial charge in [0, 0.05) is 32.1 Å². The Hall–Kier alpha value is -0.610. The van der Waals surface area contributed by atoms with Crippen LogP contribution in [0.2, 0.25) is 0 Å². The van der Waals surface area contributed by atoms with E-state index in [1.807, 2.05) is 0 Å². The number of hydrogen-bond donors (Lipinski definition) is 2. The molecule has 2 N–H and O–H groups in total. The van der Waals surface area contributed by atoms with Gasteiger partial charge in [0.2, 0.25) is 5.91 Å². The molecule has 1 heterocycles. The van der Waals surface area contributed by atoms with Crippen molar-refractivity contribution in [2.24, 2.45) is 11.8 Å². The molecule has 4 heteroatoms. The van der Waals surface area contributed by atoms with Crippen LogP contribution in [-0.4, -0.2) is 49.6 Å². The van der Waals surface area contributed by atoms with Crippen molar-refractivity contribution in [2.75, 3.05) is 32.7 Å². The molecule has 0 spiro atoms. The van der Waals surface area contributed by atoms with Crippen LogP contribution < -0.4 is 10.6 Å². The highest BCUT2D eigenvalue weighted by Crippen LogP contribution is 2.11. The van der Waals surface area contributed by atoms with Crippen molar-refractivity contribution < 1.29 is 4.79 Å². The van der Waals surface area contributed by atoms with Crippen LogP contribution in [0, 0.1) is 11.8 Å². The van der Waals surface area contributed by atoms with Crippen molar-refractivity contribution >= 4 is 5.91 Å². The van der Waals surface area contributed by atoms with Gasteiger partial charge < -0.3 is 15.5 Å². The molecule has 1 amide bonds. The third-order valence-electron chi connectivity index (χ3n) is 3.70. The molecule has 0 saturated carbocycles. The minimum absolute atomic E-state index is 0.170. The Bertz CT molecular complexity index is 271. The first-order valence-corrected chi connectivity index (χ1v) is 8.19. The number of carbonyl (C=O) groups is 1. The first-order chi connectivity index (χ1) is 9.47. The standard InChI is InChI=1S/C16H33N3O/c1-13(2)11-18-16(20)5-8-17-15-6-9-19(10-7-15)12-14(3)4/h13-15,17H,5-12H2,1-4H3,(H,18,20). The first-order valence-electron chi connectivity index (χ1n) is 8.19. The largest absolute Gasteiger partial charge is 0.356 e. The average Bonchev–Trinajstić information content (AvgIpc) is 2.38. The van der Waals surface area contributed by atoms with Crippen molar-refractivity contribution in [1.29, 1.82) is 0 Å². The Morgan fingerprint density at radius 1 is 1.15 bits per heavy atom. The molecule has 1 aliphatic rings. The number of amides is 1. The van der Waals surface area contributed by atoms with E-state index in [1.54, 1.807) is 0 Å². The third kappa shape index (κ3) is 7.85. The molecule has 0 bridgehead atoms. The number of nitrogens with one attached hydrogen (secondary N) is 2. The van der Waals surface area contributed by atoms with Gasteiger partial charge in [0.1, 0.15) is 0 Å². The molecule has 20 heavy (non-hydrogen) atoms. The lowest BCUT2D eigenvalue weighted by Crippen LogP contribution is -2.44. The van der Waals surface area contributed by atoms with Crippen LogP contribution in [0.5, 0.6) is 0 Å². The summed E-state index contributed by atoms with van der Waals surface area (Å²) in [6, 6.07) is 0.594. The molecule has 0 aromatic heterocycles. The molecular formula is C16H33N3O. The second kappa shape index (κ2) is 9.35. The summed E-state index contributed by atoms with van der Waals surface area (Å²) in [5.74, 6) is 1.45. The van der Waals surface area contributed by atoms with Crippen molar-refractivity contribution in [3.05, 3.63) is 0 Å². The Morgan fingerprint density at radius 3 is 2.35 bits per heavy atom. The van der Waals surface area contributed by atoms with Gasteiger partial charge in [0.05, 0.1) is 0 Å². The highest BCUT2D eigenvalue weighted by Gasteiger charge is 2.19. The number of hydrogen-bond acceptors (Lipinski definition) is 3. The number of nitrogens with zero attached hydrogens (tertiary/aromatic N) is 1. The van der Waals surface area contributed by atoms with Crippen LogP contribution in [0.15, 0.2) is 0 Å². The molecule has 0 radical (unpaired) electrons. The second-order valence-corrected chi connectivity index (χ2v) is 6.87. The summed E-state index contributed by atoms with van der Waals surface area (Å²) in [6.07, 6.45) is 3.01. The molecule has 0 aromatic carbocycles. The number of likely N-dealkylation sites (tertiary alicyclic amines) is 1. The summed E-state index contributed by atoms with van der Waals surface area (Å²) in [4.78, 5) is 14.2. The van der Waals surface area contributed by atoms with Crippen LogP contribution in [0.25, 0.3) is 0 Å². The summed E-state index contributed by atoms with van der Waals surface area (Å²) in [7, 11) is 0. The van der Waals surface area contributed by atoms with Crippen LogP contribution in [0.1, 0.15) is 47.0 Å². The maximum atomic E-state index is 11.6. The minimum Gasteiger partial charge on any atom is -0.356 e. The highest BCUT2D eigenvalue weighted by atomic mass is 16.1. The van der Waals surface area contributed by atoms with Crippen molar-refractivity contribution in [3.8, 4) is 0 Å². The van der Waals surface area contributed by atoms with E-state index in [1.165, 1.54) is 32.5 Å². The lowest BCUT2D eigenvalue weighted by molar-refractivity contribution is -0.121. The van der Waals surface area contributed by atoms with E-state index in [9.17, 15) is 4.79 Å². The SMILES string of the molecule is CC(C)CNC(=O)CCNC1CCN(CC(C)C)CC1. The average molecular weight is 283 g/mol. The third-order valence-corrected chi connectivity index (χ3v) is 3.70. The van der Waals surface area contributed by atoms with Crippen molar-refractivity contribution in [3.63, 3.8) is 0 Å². The smallest absolute Gasteiger partial charge is 0.221 e. The first kappa shape index (κ1) is 17.4. The molecule has 0 unspecified atom stereocenters. The molecule has 0 aromatic rings. The molecule has 1 saturated heterocycles. The van der Waals surface area contributed by atoms with Gasteiger partial charge in [0.15, 0.2) is 0 Å². The topological polar surface area (TPSA) is 44.4 Å². The van der Waals surface area contributed by atoms with Gasteiger partial charge >= 0.3 is 0 Å². The zero-order valence-corrected chi connectivity index (χ0v) is 13.7. The molecule has 4 nitrogen and oxygen atoms in total. The van der Waals surface area contributed by atoms with Gasteiger partial charge in [-0.25, -0.2) is 0 Å². The summed E-state index contributed by atoms with van der Waals surface area (Å²) in [5.41, 5.74) is 0. The molecule has 0 aliphatic carbocycles. The van der Waals surface area contributed by atoms with E-state index in [-0.39, 0.29) is 5.91 Å². The van der Waals surface area contributed by atoms with Gasteiger partial charge in [-0.05, 0) is 37.8 Å². The van der Waals surface area contributed by atoms with Gasteiger partial charge in [-0.3, -0.25) is 4.79 Å². The second-order valence-electron chi connectivity index (χ2n) is 6.87. The van der Waals surface area contributed by atoms with E-state index in [4.69, 9.17) is 0 Å². The van der Waals surface area contributed by atoms with E-state index in [2.05, 4.69) is 43.2 Å². The minimum atomic E-state index is 0.170. The van der Waals surface area contributed by atoms with E-state index < -0.39 is 0 Å². The normalized spacial score (nSPS) is 17.9. The Morgan fingerprint density at radius 2 is 1.80 bits per heavy atom. The van der Waals surface area contributed by atoms with Gasteiger partial charge in [-0.2, -0.15) is 0 Å². The number of piperidine rings is 1. The van der Waals surface area contributed by atoms with E-state index in [0.717, 1.165) is 19.0 Å². The monoisotopic (exact) mass is 283 g/mol. The summed E-state index contributed by atoms with van der Waals surface area (Å²) in [5, 5.41) is 6.49. The maximum Gasteiger partial charge on any atom is 0.221 e. The molecule has 1 aliphatic heterocycles. The fourth-order valence-corrected chi connectivity index (χ4v) is 2.63. The Kier molecular flexibility index (Phi) is 8.15. The fourth-order valence-electron chi connectivity index (χ4n) is 2.63. The quantitative estimate of drug-likeness (QED) is 0.714. The zero-order chi connectivity index (χ0) is 15.0. The van der Waals surface area contributed by atoms with Gasteiger partial charge in [-0.1, -0.05) is 27.7 Å². The van der Waals surface area contributed by atoms with Gasteiger partial charge in [0.25, 0.3) is 0 Å². The number of carbonyl (C=O) groups excluding carboxylic acids is 1. The van der Waals surface area contributed by atoms with Crippen molar-refractivity contribution in [2.45, 2.75) is 53.0 Å². The molecule has 0 atom stereocenters. The molecular weight excluding hydrogens is 250 g/mol. The lowest BCUT2D eigenvalue weighted by atomic mass is 10.0. The predicted octanol–water partition coefficient (Wildman–Crippen LogP) is 1.86. The van der Waals surface area contributed by atoms with E-state index >= 15 is 0 Å². The van der Waals surface area contributed by atoms with Crippen LogP contribution in [0.3, 0.4) is 0 Å². The van der Waals surface area contributed by atoms with Crippen molar-refractivity contribution in [1.82, 2.24) is 15.5 Å². The predicted molar refractivity (Wildman–Crippen MR) is 84.8 cm³/mol. The molecule has 1 fully saturated rings. The number of rotatable bonds is 8. The highest BCUT2D eigenvalue weighted by molar-refractivity contribution is 5.76. The Balaban J connectivity index is 2.05. The summed E-state index contributed by atoms with van der Waals surface area (Å²) in [6.45, 7) is 14.0. The summed E-state index contributed by atoms with van der Waals surface area (Å²) >= 11 is 0. The molecule has 118 valence electrons. The maximum absolute atomic E-state index is 11.6. The fraction of sp³-hybridized carbons (Fsp3) is 0.938. The zero-order valence-electron chi connectivity index (χ0n) is 13.7. The van der Waals surface area contributed by atoms with E-state index in [0.29, 0.717) is 18.4 Å². The Labute approximate surface area is 124 Å². The molecule has 1 rings (SSSR count). The van der Waals surface area contributed by atoms with Crippen LogP contribution >= 0.6 is 0 Å². The summed E-state index contributed by atoms with van der Waals surface area (Å²) < 4.78 is 0. The van der Waals surface area contributed by atoms with Crippen LogP contribution in [-0.2, 0) is 4.79 Å². The lowest BCUT2D eigenvalue weighted by Gasteiger charge is -2.33. The van der Waals surface area contributed by atoms with Crippen LogP contribution in [0.4, 0.5) is 0 Å². The van der Waals surface area contributed by atoms with Gasteiger partial charge in [-0.15, -0.1) is 0 Å².